The zero-order valence-corrected chi connectivity index (χ0v) is 21.7. The van der Waals surface area contributed by atoms with Crippen molar-refractivity contribution in [1.82, 2.24) is 14.2 Å². The van der Waals surface area contributed by atoms with Crippen molar-refractivity contribution in [2.24, 2.45) is 0 Å². The lowest BCUT2D eigenvalue weighted by atomic mass is 10.1. The summed E-state index contributed by atoms with van der Waals surface area (Å²) in [6, 6.07) is 0.468. The highest BCUT2D eigenvalue weighted by Crippen LogP contribution is 2.47. The van der Waals surface area contributed by atoms with Crippen molar-refractivity contribution < 1.29 is 23.6 Å². The van der Waals surface area contributed by atoms with Crippen LogP contribution in [0, 0.1) is 11.8 Å². The minimum Gasteiger partial charge on any atom is -0.384 e. The van der Waals surface area contributed by atoms with Crippen molar-refractivity contribution in [3.8, 4) is 11.8 Å². The van der Waals surface area contributed by atoms with Crippen LogP contribution >= 0.6 is 8.53 Å². The van der Waals surface area contributed by atoms with E-state index < -0.39 is 38.7 Å². The van der Waals surface area contributed by atoms with E-state index in [1.54, 1.807) is 0 Å². The maximum atomic E-state index is 12.5. The van der Waals surface area contributed by atoms with Gasteiger partial charge in [0, 0.05) is 38.9 Å². The number of rotatable bonds is 13. The number of aromatic amines is 1. The highest BCUT2D eigenvalue weighted by Gasteiger charge is 2.32. The van der Waals surface area contributed by atoms with Crippen LogP contribution in [0.15, 0.2) is 15.8 Å². The highest BCUT2D eigenvalue weighted by molar-refractivity contribution is 7.44. The Morgan fingerprint density at radius 1 is 1.15 bits per heavy atom. The van der Waals surface area contributed by atoms with Gasteiger partial charge in [-0.1, -0.05) is 11.8 Å². The molecule has 0 fully saturated rings. The van der Waals surface area contributed by atoms with E-state index in [1.807, 2.05) is 13.8 Å². The van der Waals surface area contributed by atoms with E-state index in [-0.39, 0.29) is 23.8 Å². The quantitative estimate of drug-likeness (QED) is 0.322. The molecule has 2 N–H and O–H groups in total. The third-order valence-electron chi connectivity index (χ3n) is 4.73. The van der Waals surface area contributed by atoms with Gasteiger partial charge in [-0.2, -0.15) is 0 Å². The summed E-state index contributed by atoms with van der Waals surface area (Å²) >= 11 is 0. The summed E-state index contributed by atoms with van der Waals surface area (Å²) in [5.41, 5.74) is -1.25. The summed E-state index contributed by atoms with van der Waals surface area (Å²) in [6.07, 6.45) is 0.00936. The molecule has 0 aliphatic carbocycles. The van der Waals surface area contributed by atoms with Crippen molar-refractivity contribution in [2.45, 2.75) is 78.5 Å². The van der Waals surface area contributed by atoms with Gasteiger partial charge in [-0.25, -0.2) is 9.46 Å². The molecule has 0 saturated heterocycles. The molecule has 1 aromatic heterocycles. The van der Waals surface area contributed by atoms with Crippen LogP contribution in [-0.2, 0) is 18.5 Å². The fraction of sp³-hybridized carbons (Fsp3) is 0.727. The van der Waals surface area contributed by atoms with Crippen LogP contribution in [0.4, 0.5) is 0 Å². The number of aliphatic hydroxyl groups is 1. The van der Waals surface area contributed by atoms with Crippen LogP contribution in [0.1, 0.15) is 59.8 Å². The number of ether oxygens (including phenoxy) is 2. The van der Waals surface area contributed by atoms with Gasteiger partial charge in [-0.3, -0.25) is 14.3 Å². The number of nitrogens with zero attached hydrogens (tertiary/aromatic N) is 2. The largest absolute Gasteiger partial charge is 0.384 e. The predicted octanol–water partition coefficient (Wildman–Crippen LogP) is 2.22. The van der Waals surface area contributed by atoms with Crippen molar-refractivity contribution in [3.63, 3.8) is 0 Å². The summed E-state index contributed by atoms with van der Waals surface area (Å²) < 4.78 is 26.9. The van der Waals surface area contributed by atoms with Gasteiger partial charge in [0.25, 0.3) is 14.1 Å². The summed E-state index contributed by atoms with van der Waals surface area (Å²) in [6.45, 7) is 12.4. The third kappa shape index (κ3) is 8.62. The average Bonchev–Trinajstić information content (AvgIpc) is 2.73. The Morgan fingerprint density at radius 3 is 2.27 bits per heavy atom. The van der Waals surface area contributed by atoms with E-state index >= 15 is 0 Å². The highest BCUT2D eigenvalue weighted by atomic mass is 31.2. The molecule has 0 saturated carbocycles. The molecule has 4 atom stereocenters. The van der Waals surface area contributed by atoms with Crippen LogP contribution in [0.25, 0.3) is 0 Å². The second-order valence-electron chi connectivity index (χ2n) is 7.94. The lowest BCUT2D eigenvalue weighted by Gasteiger charge is -2.37. The number of H-pyrrole nitrogens is 1. The Balaban J connectivity index is 3.16. The van der Waals surface area contributed by atoms with Crippen molar-refractivity contribution >= 4 is 8.53 Å². The van der Waals surface area contributed by atoms with E-state index in [4.69, 9.17) is 23.6 Å². The summed E-state index contributed by atoms with van der Waals surface area (Å²) in [7, 11) is 1.67. The number of aromatic nitrogens is 2. The molecule has 1 rings (SSSR count). The molecule has 10 nitrogen and oxygen atoms in total. The van der Waals surface area contributed by atoms with Crippen molar-refractivity contribution in [3.05, 3.63) is 32.6 Å². The first-order chi connectivity index (χ1) is 15.6. The number of hydrogen-bond donors (Lipinski definition) is 2. The minimum absolute atomic E-state index is 0.0363. The van der Waals surface area contributed by atoms with Gasteiger partial charge >= 0.3 is 5.69 Å². The molecule has 0 amide bonds. The summed E-state index contributed by atoms with van der Waals surface area (Å²) in [5, 5.41) is 8.92. The Morgan fingerprint density at radius 2 is 1.79 bits per heavy atom. The maximum absolute atomic E-state index is 12.5. The molecule has 188 valence electrons. The first kappa shape index (κ1) is 29.5. The Bertz CT molecular complexity index is 882. The lowest BCUT2D eigenvalue weighted by Crippen LogP contribution is -2.40. The molecule has 0 bridgehead atoms. The predicted molar refractivity (Wildman–Crippen MR) is 128 cm³/mol. The molecule has 0 spiro atoms. The average molecular weight is 488 g/mol. The van der Waals surface area contributed by atoms with E-state index in [0.29, 0.717) is 13.0 Å². The first-order valence-corrected chi connectivity index (χ1v) is 12.1. The SMILES string of the molecule is CCOP(OC(C)CC(OC)C(OC)n1cc(C#CCO)c(=O)[nH]c1=O)N(C(C)C)C(C)C. The molecule has 11 heteroatoms. The summed E-state index contributed by atoms with van der Waals surface area (Å²) in [5.74, 6) is 4.94. The monoisotopic (exact) mass is 487 g/mol. The second kappa shape index (κ2) is 14.6. The number of aliphatic hydroxyl groups excluding tert-OH is 1. The fourth-order valence-corrected chi connectivity index (χ4v) is 5.10. The van der Waals surface area contributed by atoms with Crippen molar-refractivity contribution in [1.29, 1.82) is 0 Å². The Hall–Kier alpha value is -1.57. The molecular weight excluding hydrogens is 449 g/mol. The third-order valence-corrected chi connectivity index (χ3v) is 7.05. The van der Waals surface area contributed by atoms with Crippen LogP contribution in [0.5, 0.6) is 0 Å². The first-order valence-electron chi connectivity index (χ1n) is 11.0. The minimum atomic E-state index is -1.30. The standard InChI is InChI=1S/C22H38N3O7P/c1-9-31-33(25(15(2)3)16(4)5)32-17(6)13-19(29-7)21(30-8)24-14-18(11-10-12-26)20(27)23-22(24)28/h14-17,19,21,26H,9,12-13H2,1-8H3,(H,23,27,28). The van der Waals surface area contributed by atoms with E-state index in [2.05, 4.69) is 49.2 Å². The zero-order valence-electron chi connectivity index (χ0n) is 20.8. The van der Waals surface area contributed by atoms with E-state index in [0.717, 1.165) is 0 Å². The zero-order chi connectivity index (χ0) is 25.1. The molecule has 0 aliphatic heterocycles. The normalized spacial score (nSPS) is 15.4. The van der Waals surface area contributed by atoms with Gasteiger partial charge in [-0.15, -0.1) is 0 Å². The molecule has 0 aliphatic rings. The Kier molecular flexibility index (Phi) is 13.1. The van der Waals surface area contributed by atoms with Gasteiger partial charge in [-0.05, 0) is 41.5 Å². The van der Waals surface area contributed by atoms with Crippen LogP contribution in [-0.4, -0.2) is 71.1 Å². The van der Waals surface area contributed by atoms with E-state index in [9.17, 15) is 9.59 Å². The molecule has 1 aromatic rings. The van der Waals surface area contributed by atoms with Crippen molar-refractivity contribution in [2.75, 3.05) is 27.4 Å². The van der Waals surface area contributed by atoms with Gasteiger partial charge in [0.2, 0.25) is 0 Å². The number of hydrogen-bond acceptors (Lipinski definition) is 8. The maximum Gasteiger partial charge on any atom is 0.330 e. The van der Waals surface area contributed by atoms with Gasteiger partial charge in [0.05, 0.1) is 12.7 Å². The molecule has 0 aromatic carbocycles. The van der Waals surface area contributed by atoms with Gasteiger partial charge in [0.15, 0.2) is 6.23 Å². The Labute approximate surface area is 197 Å². The van der Waals surface area contributed by atoms with Gasteiger partial charge in [0.1, 0.15) is 18.3 Å². The van der Waals surface area contributed by atoms with Crippen LogP contribution in [0.2, 0.25) is 0 Å². The molecule has 4 unspecified atom stereocenters. The second-order valence-corrected chi connectivity index (χ2v) is 9.35. The fourth-order valence-electron chi connectivity index (χ4n) is 3.43. The molecule has 1 heterocycles. The molecule has 33 heavy (non-hydrogen) atoms. The topological polar surface area (TPSA) is 115 Å². The number of methoxy groups -OCH3 is 2. The van der Waals surface area contributed by atoms with Crippen LogP contribution in [0.3, 0.4) is 0 Å². The lowest BCUT2D eigenvalue weighted by molar-refractivity contribution is -0.0921. The molecular formula is C22H38N3O7P. The molecule has 0 radical (unpaired) electrons. The number of nitrogens with one attached hydrogen (secondary N) is 1. The van der Waals surface area contributed by atoms with E-state index in [1.165, 1.54) is 25.0 Å². The summed E-state index contributed by atoms with van der Waals surface area (Å²) in [4.78, 5) is 26.7. The van der Waals surface area contributed by atoms with Crippen LogP contribution < -0.4 is 11.2 Å². The smallest absolute Gasteiger partial charge is 0.330 e. The van der Waals surface area contributed by atoms with Gasteiger partial charge < -0.3 is 23.6 Å².